The lowest BCUT2D eigenvalue weighted by Gasteiger charge is -2.40. The SMILES string of the molecule is CC(=O)N1C(=O)[C@]2(CCS(=O)(=O)c3ccccc3)N=C(c3ccc(OCCCO)cc3)O[C@@H]2c2ccccc21. The average molecular weight is 549 g/mol. The van der Waals surface area contributed by atoms with Crippen molar-refractivity contribution in [1.29, 1.82) is 0 Å². The molecule has 0 radical (unpaired) electrons. The number of hydrogen-bond donors (Lipinski definition) is 1. The van der Waals surface area contributed by atoms with Gasteiger partial charge >= 0.3 is 0 Å². The van der Waals surface area contributed by atoms with Gasteiger partial charge in [0.1, 0.15) is 5.75 Å². The van der Waals surface area contributed by atoms with Crippen molar-refractivity contribution >= 4 is 33.2 Å². The van der Waals surface area contributed by atoms with Gasteiger partial charge < -0.3 is 14.6 Å². The highest BCUT2D eigenvalue weighted by atomic mass is 32.2. The Morgan fingerprint density at radius 1 is 1.05 bits per heavy atom. The Morgan fingerprint density at radius 3 is 2.44 bits per heavy atom. The molecule has 2 heterocycles. The molecule has 202 valence electrons. The average Bonchev–Trinajstić information content (AvgIpc) is 3.35. The molecular weight excluding hydrogens is 520 g/mol. The highest BCUT2D eigenvalue weighted by Crippen LogP contribution is 2.50. The second kappa shape index (κ2) is 10.6. The van der Waals surface area contributed by atoms with Crippen molar-refractivity contribution in [3.63, 3.8) is 0 Å². The molecule has 0 aromatic heterocycles. The maximum absolute atomic E-state index is 14.0. The zero-order valence-electron chi connectivity index (χ0n) is 21.3. The van der Waals surface area contributed by atoms with Gasteiger partial charge in [-0.3, -0.25) is 9.59 Å². The van der Waals surface area contributed by atoms with Gasteiger partial charge in [0.25, 0.3) is 5.91 Å². The zero-order valence-corrected chi connectivity index (χ0v) is 22.1. The van der Waals surface area contributed by atoms with Crippen LogP contribution in [0.25, 0.3) is 0 Å². The number of amides is 2. The lowest BCUT2D eigenvalue weighted by molar-refractivity contribution is -0.131. The summed E-state index contributed by atoms with van der Waals surface area (Å²) in [7, 11) is -3.76. The van der Waals surface area contributed by atoms with Gasteiger partial charge in [-0.2, -0.15) is 0 Å². The summed E-state index contributed by atoms with van der Waals surface area (Å²) in [5.41, 5.74) is -0.116. The van der Waals surface area contributed by atoms with Gasteiger partial charge in [-0.05, 0) is 42.5 Å². The summed E-state index contributed by atoms with van der Waals surface area (Å²) >= 11 is 0. The number of nitrogens with zero attached hydrogens (tertiary/aromatic N) is 2. The molecule has 0 saturated carbocycles. The number of carbonyl (C=O) groups excluding carboxylic acids is 2. The summed E-state index contributed by atoms with van der Waals surface area (Å²) in [4.78, 5) is 32.7. The molecule has 39 heavy (non-hydrogen) atoms. The van der Waals surface area contributed by atoms with Crippen molar-refractivity contribution in [2.45, 2.75) is 36.3 Å². The predicted molar refractivity (Wildman–Crippen MR) is 144 cm³/mol. The molecule has 2 aliphatic heterocycles. The van der Waals surface area contributed by atoms with Crippen LogP contribution in [0, 0.1) is 0 Å². The van der Waals surface area contributed by atoms with Crippen LogP contribution in [0.5, 0.6) is 5.75 Å². The van der Waals surface area contributed by atoms with E-state index in [1.54, 1.807) is 66.7 Å². The number of sulfone groups is 1. The summed E-state index contributed by atoms with van der Waals surface area (Å²) in [6.45, 7) is 1.68. The van der Waals surface area contributed by atoms with Crippen molar-refractivity contribution in [3.8, 4) is 5.75 Å². The third-order valence-corrected chi connectivity index (χ3v) is 8.57. The van der Waals surface area contributed by atoms with E-state index < -0.39 is 33.3 Å². The van der Waals surface area contributed by atoms with Gasteiger partial charge in [0, 0.05) is 37.5 Å². The molecule has 2 aliphatic rings. The first-order valence-corrected chi connectivity index (χ1v) is 14.2. The first-order chi connectivity index (χ1) is 18.8. The summed E-state index contributed by atoms with van der Waals surface area (Å²) in [6, 6.07) is 21.9. The number of aliphatic imine (C=N–C) groups is 1. The predicted octanol–water partition coefficient (Wildman–Crippen LogP) is 3.46. The molecule has 0 spiro atoms. The molecule has 0 bridgehead atoms. The number of para-hydroxylation sites is 1. The number of aliphatic hydroxyl groups is 1. The Hall–Kier alpha value is -4.02. The highest BCUT2D eigenvalue weighted by molar-refractivity contribution is 7.91. The molecule has 0 unspecified atom stereocenters. The van der Waals surface area contributed by atoms with E-state index in [1.807, 2.05) is 0 Å². The van der Waals surface area contributed by atoms with E-state index in [9.17, 15) is 18.0 Å². The van der Waals surface area contributed by atoms with E-state index in [2.05, 4.69) is 0 Å². The van der Waals surface area contributed by atoms with Crippen LogP contribution < -0.4 is 9.64 Å². The number of anilines is 1. The van der Waals surface area contributed by atoms with Crippen LogP contribution in [0.3, 0.4) is 0 Å². The fourth-order valence-corrected chi connectivity index (χ4v) is 6.28. The maximum Gasteiger partial charge on any atom is 0.266 e. The number of benzene rings is 3. The number of fused-ring (bicyclic) bond motifs is 3. The third-order valence-electron chi connectivity index (χ3n) is 6.84. The van der Waals surface area contributed by atoms with Gasteiger partial charge in [0.05, 0.1) is 22.9 Å². The smallest absolute Gasteiger partial charge is 0.266 e. The molecule has 1 N–H and O–H groups in total. The van der Waals surface area contributed by atoms with Crippen LogP contribution in [-0.4, -0.2) is 55.7 Å². The van der Waals surface area contributed by atoms with Crippen LogP contribution in [0.2, 0.25) is 0 Å². The van der Waals surface area contributed by atoms with Crippen molar-refractivity contribution in [2.75, 3.05) is 23.9 Å². The Bertz CT molecular complexity index is 1520. The second-order valence-corrected chi connectivity index (χ2v) is 11.5. The van der Waals surface area contributed by atoms with Crippen LogP contribution in [0.1, 0.15) is 37.0 Å². The minimum atomic E-state index is -3.76. The second-order valence-electron chi connectivity index (χ2n) is 9.39. The Kier molecular flexibility index (Phi) is 7.24. The lowest BCUT2D eigenvalue weighted by Crippen LogP contribution is -2.56. The van der Waals surface area contributed by atoms with Crippen LogP contribution in [0.4, 0.5) is 5.69 Å². The summed E-state index contributed by atoms with van der Waals surface area (Å²) in [5.74, 6) is -0.723. The Morgan fingerprint density at radius 2 is 1.74 bits per heavy atom. The normalized spacial score (nSPS) is 20.1. The van der Waals surface area contributed by atoms with E-state index in [0.29, 0.717) is 35.6 Å². The Labute approximate surface area is 226 Å². The van der Waals surface area contributed by atoms with Gasteiger partial charge in [-0.25, -0.2) is 18.3 Å². The fraction of sp³-hybridized carbons (Fsp3) is 0.276. The number of carbonyl (C=O) groups is 2. The monoisotopic (exact) mass is 548 g/mol. The topological polar surface area (TPSA) is 123 Å². The number of rotatable bonds is 9. The maximum atomic E-state index is 14.0. The minimum absolute atomic E-state index is 0.0268. The van der Waals surface area contributed by atoms with Gasteiger partial charge in [-0.1, -0.05) is 36.4 Å². The quantitative estimate of drug-likeness (QED) is 0.406. The molecular formula is C29H28N2O7S. The van der Waals surface area contributed by atoms with Gasteiger partial charge in [0.15, 0.2) is 21.5 Å². The minimum Gasteiger partial charge on any atom is -0.494 e. The van der Waals surface area contributed by atoms with Crippen LogP contribution in [-0.2, 0) is 24.2 Å². The number of imide groups is 1. The molecule has 0 fully saturated rings. The number of ether oxygens (including phenoxy) is 2. The summed E-state index contributed by atoms with van der Waals surface area (Å²) in [5, 5.41) is 8.96. The van der Waals surface area contributed by atoms with Crippen LogP contribution >= 0.6 is 0 Å². The molecule has 2 amide bonds. The van der Waals surface area contributed by atoms with E-state index >= 15 is 0 Å². The number of aliphatic hydroxyl groups excluding tert-OH is 1. The van der Waals surface area contributed by atoms with E-state index in [-0.39, 0.29) is 29.6 Å². The zero-order chi connectivity index (χ0) is 27.6. The van der Waals surface area contributed by atoms with E-state index in [4.69, 9.17) is 19.6 Å². The molecule has 2 atom stereocenters. The van der Waals surface area contributed by atoms with Gasteiger partial charge in [-0.15, -0.1) is 0 Å². The Balaban J connectivity index is 1.55. The van der Waals surface area contributed by atoms with Crippen molar-refractivity contribution in [3.05, 3.63) is 90.0 Å². The largest absolute Gasteiger partial charge is 0.494 e. The molecule has 5 rings (SSSR count). The molecule has 9 nitrogen and oxygen atoms in total. The first-order valence-electron chi connectivity index (χ1n) is 12.6. The van der Waals surface area contributed by atoms with E-state index in [1.165, 1.54) is 19.1 Å². The molecule has 0 saturated heterocycles. The lowest BCUT2D eigenvalue weighted by atomic mass is 9.80. The standard InChI is InChI=1S/C29H28N2O7S/c1-20(33)31-25-11-6-5-10-24(25)26-29(28(31)34,16-19-39(35,36)23-8-3-2-4-9-23)30-27(38-26)21-12-14-22(15-13-21)37-18-7-17-32/h2-6,8-15,26,32H,7,16-19H2,1H3/t26-,29-/m1/s1. The van der Waals surface area contributed by atoms with Crippen LogP contribution in [0.15, 0.2) is 88.8 Å². The first kappa shape index (κ1) is 26.6. The summed E-state index contributed by atoms with van der Waals surface area (Å²) < 4.78 is 38.3. The number of hydrogen-bond acceptors (Lipinski definition) is 8. The molecule has 3 aromatic rings. The molecule has 3 aromatic carbocycles. The fourth-order valence-electron chi connectivity index (χ4n) is 4.89. The van der Waals surface area contributed by atoms with Crippen molar-refractivity contribution in [2.24, 2.45) is 4.99 Å². The molecule has 0 aliphatic carbocycles. The van der Waals surface area contributed by atoms with Gasteiger partial charge in [0.2, 0.25) is 11.8 Å². The van der Waals surface area contributed by atoms with E-state index in [0.717, 1.165) is 4.90 Å². The summed E-state index contributed by atoms with van der Waals surface area (Å²) in [6.07, 6.45) is -0.599. The molecule has 10 heteroatoms. The van der Waals surface area contributed by atoms with Crippen molar-refractivity contribution < 1.29 is 32.6 Å². The van der Waals surface area contributed by atoms with Crippen molar-refractivity contribution in [1.82, 2.24) is 0 Å². The third kappa shape index (κ3) is 4.93. The highest BCUT2D eigenvalue weighted by Gasteiger charge is 2.59.